The molecule has 1 fully saturated rings. The van der Waals surface area contributed by atoms with Crippen LogP contribution >= 0.6 is 0 Å². The van der Waals surface area contributed by atoms with E-state index >= 15 is 0 Å². The maximum absolute atomic E-state index is 4.69. The molecule has 5 nitrogen and oxygen atoms in total. The van der Waals surface area contributed by atoms with E-state index in [0.717, 1.165) is 36.8 Å². The van der Waals surface area contributed by atoms with Crippen molar-refractivity contribution in [2.75, 3.05) is 33.0 Å². The molecule has 0 saturated carbocycles. The second-order valence-electron chi connectivity index (χ2n) is 5.09. The van der Waals surface area contributed by atoms with Crippen molar-refractivity contribution in [3.8, 4) is 0 Å². The van der Waals surface area contributed by atoms with Crippen LogP contribution in [0.15, 0.2) is 6.07 Å². The Morgan fingerprint density at radius 2 is 2.22 bits per heavy atom. The third-order valence-corrected chi connectivity index (χ3v) is 3.15. The monoisotopic (exact) mass is 249 g/mol. The molecular formula is C13H23N5. The molecule has 0 spiro atoms. The highest BCUT2D eigenvalue weighted by Gasteiger charge is 2.18. The first kappa shape index (κ1) is 13.2. The molecule has 5 heteroatoms. The van der Waals surface area contributed by atoms with Crippen LogP contribution in [-0.2, 0) is 6.54 Å². The Morgan fingerprint density at radius 1 is 1.39 bits per heavy atom. The zero-order chi connectivity index (χ0) is 13.0. The fraction of sp³-hybridized carbons (Fsp3) is 0.692. The number of hydrogen-bond donors (Lipinski definition) is 2. The van der Waals surface area contributed by atoms with Gasteiger partial charge in [0.05, 0.1) is 11.7 Å². The standard InChI is InChI=1S/C13H23N5/c1-14-12-8-10(9-18(2)3)16-13(17-12)11-6-4-5-7-15-11/h8,11,15H,4-7,9H2,1-3H3,(H,14,16,17)/t11-/m0/s1. The minimum atomic E-state index is 0.313. The van der Waals surface area contributed by atoms with Crippen LogP contribution in [0.4, 0.5) is 5.82 Å². The van der Waals surface area contributed by atoms with Gasteiger partial charge in [0.2, 0.25) is 0 Å². The highest BCUT2D eigenvalue weighted by Crippen LogP contribution is 2.21. The molecule has 2 N–H and O–H groups in total. The van der Waals surface area contributed by atoms with Crippen molar-refractivity contribution in [1.82, 2.24) is 20.2 Å². The molecule has 0 unspecified atom stereocenters. The van der Waals surface area contributed by atoms with Crippen LogP contribution in [0.1, 0.15) is 36.8 Å². The van der Waals surface area contributed by atoms with Crippen LogP contribution < -0.4 is 10.6 Å². The molecule has 1 aliphatic rings. The Balaban J connectivity index is 2.22. The molecule has 0 amide bonds. The fourth-order valence-electron chi connectivity index (χ4n) is 2.28. The summed E-state index contributed by atoms with van der Waals surface area (Å²) in [5.74, 6) is 1.84. The summed E-state index contributed by atoms with van der Waals surface area (Å²) in [5.41, 5.74) is 1.07. The lowest BCUT2D eigenvalue weighted by Gasteiger charge is -2.23. The number of nitrogens with one attached hydrogen (secondary N) is 2. The van der Waals surface area contributed by atoms with Gasteiger partial charge in [0, 0.05) is 19.7 Å². The first-order valence-electron chi connectivity index (χ1n) is 6.63. The van der Waals surface area contributed by atoms with Gasteiger partial charge >= 0.3 is 0 Å². The first-order chi connectivity index (χ1) is 8.69. The van der Waals surface area contributed by atoms with E-state index in [0.29, 0.717) is 6.04 Å². The Hall–Kier alpha value is -1.20. The highest BCUT2D eigenvalue weighted by molar-refractivity contribution is 5.35. The van der Waals surface area contributed by atoms with Crippen molar-refractivity contribution >= 4 is 5.82 Å². The molecule has 2 heterocycles. The lowest BCUT2D eigenvalue weighted by atomic mass is 10.0. The first-order valence-corrected chi connectivity index (χ1v) is 6.63. The molecule has 2 rings (SSSR count). The van der Waals surface area contributed by atoms with Crippen LogP contribution in [0, 0.1) is 0 Å². The van der Waals surface area contributed by atoms with Crippen molar-refractivity contribution in [3.63, 3.8) is 0 Å². The second kappa shape index (κ2) is 6.11. The quantitative estimate of drug-likeness (QED) is 0.844. The molecule has 18 heavy (non-hydrogen) atoms. The average Bonchev–Trinajstić information content (AvgIpc) is 2.38. The summed E-state index contributed by atoms with van der Waals surface area (Å²) in [4.78, 5) is 11.4. The SMILES string of the molecule is CNc1cc(CN(C)C)nc([C@@H]2CCCCN2)n1. The topological polar surface area (TPSA) is 53.1 Å². The summed E-state index contributed by atoms with van der Waals surface area (Å²) < 4.78 is 0. The van der Waals surface area contributed by atoms with E-state index < -0.39 is 0 Å². The number of rotatable bonds is 4. The smallest absolute Gasteiger partial charge is 0.147 e. The summed E-state index contributed by atoms with van der Waals surface area (Å²) in [5, 5.41) is 6.62. The van der Waals surface area contributed by atoms with E-state index in [4.69, 9.17) is 0 Å². The van der Waals surface area contributed by atoms with Crippen LogP contribution in [0.3, 0.4) is 0 Å². The van der Waals surface area contributed by atoms with Crippen LogP contribution in [0.5, 0.6) is 0 Å². The minimum absolute atomic E-state index is 0.313. The molecule has 1 aromatic rings. The third-order valence-electron chi connectivity index (χ3n) is 3.15. The molecule has 0 radical (unpaired) electrons. The Morgan fingerprint density at radius 3 is 2.83 bits per heavy atom. The van der Waals surface area contributed by atoms with Gasteiger partial charge in [-0.05, 0) is 33.5 Å². The van der Waals surface area contributed by atoms with Gasteiger partial charge in [-0.2, -0.15) is 0 Å². The largest absolute Gasteiger partial charge is 0.373 e. The Kier molecular flexibility index (Phi) is 4.49. The summed E-state index contributed by atoms with van der Waals surface area (Å²) in [6, 6.07) is 2.33. The van der Waals surface area contributed by atoms with Crippen molar-refractivity contribution in [3.05, 3.63) is 17.6 Å². The van der Waals surface area contributed by atoms with E-state index in [9.17, 15) is 0 Å². The van der Waals surface area contributed by atoms with E-state index in [-0.39, 0.29) is 0 Å². The predicted octanol–water partition coefficient (Wildman–Crippen LogP) is 1.39. The fourth-order valence-corrected chi connectivity index (χ4v) is 2.28. The van der Waals surface area contributed by atoms with E-state index in [1.807, 2.05) is 13.1 Å². The van der Waals surface area contributed by atoms with Crippen molar-refractivity contribution in [2.24, 2.45) is 0 Å². The highest BCUT2D eigenvalue weighted by atomic mass is 15.1. The van der Waals surface area contributed by atoms with Gasteiger partial charge in [0.15, 0.2) is 0 Å². The van der Waals surface area contributed by atoms with Gasteiger partial charge in [0.25, 0.3) is 0 Å². The molecule has 1 saturated heterocycles. The molecule has 0 bridgehead atoms. The lowest BCUT2D eigenvalue weighted by Crippen LogP contribution is -2.29. The number of hydrogen-bond acceptors (Lipinski definition) is 5. The molecule has 0 aliphatic carbocycles. The molecule has 0 aromatic carbocycles. The number of anilines is 1. The summed E-state index contributed by atoms with van der Waals surface area (Å²) in [6.45, 7) is 1.91. The second-order valence-corrected chi connectivity index (χ2v) is 5.09. The molecule has 1 aliphatic heterocycles. The van der Waals surface area contributed by atoms with Crippen molar-refractivity contribution in [1.29, 1.82) is 0 Å². The molecule has 1 aromatic heterocycles. The number of piperidine rings is 1. The van der Waals surface area contributed by atoms with Gasteiger partial charge in [0.1, 0.15) is 11.6 Å². The van der Waals surface area contributed by atoms with E-state index in [2.05, 4.69) is 39.6 Å². The number of aromatic nitrogens is 2. The van der Waals surface area contributed by atoms with Gasteiger partial charge in [-0.25, -0.2) is 9.97 Å². The summed E-state index contributed by atoms with van der Waals surface area (Å²) >= 11 is 0. The lowest BCUT2D eigenvalue weighted by molar-refractivity contribution is 0.382. The van der Waals surface area contributed by atoms with E-state index in [1.54, 1.807) is 0 Å². The summed E-state index contributed by atoms with van der Waals surface area (Å²) in [7, 11) is 6.01. The molecule has 1 atom stereocenters. The van der Waals surface area contributed by atoms with Crippen molar-refractivity contribution in [2.45, 2.75) is 31.8 Å². The Bertz CT molecular complexity index is 385. The zero-order valence-corrected chi connectivity index (χ0v) is 11.5. The molecular weight excluding hydrogens is 226 g/mol. The van der Waals surface area contributed by atoms with Crippen LogP contribution in [0.25, 0.3) is 0 Å². The van der Waals surface area contributed by atoms with Gasteiger partial charge in [-0.1, -0.05) is 6.42 Å². The van der Waals surface area contributed by atoms with Gasteiger partial charge in [-0.3, -0.25) is 0 Å². The zero-order valence-electron chi connectivity index (χ0n) is 11.5. The predicted molar refractivity (Wildman–Crippen MR) is 73.6 cm³/mol. The van der Waals surface area contributed by atoms with Gasteiger partial charge in [-0.15, -0.1) is 0 Å². The van der Waals surface area contributed by atoms with E-state index in [1.165, 1.54) is 12.8 Å². The number of nitrogens with zero attached hydrogens (tertiary/aromatic N) is 3. The maximum Gasteiger partial charge on any atom is 0.147 e. The maximum atomic E-state index is 4.69. The third kappa shape index (κ3) is 3.40. The van der Waals surface area contributed by atoms with Crippen molar-refractivity contribution < 1.29 is 0 Å². The van der Waals surface area contributed by atoms with Crippen LogP contribution in [-0.4, -0.2) is 42.6 Å². The summed E-state index contributed by atoms with van der Waals surface area (Å²) in [6.07, 6.45) is 3.65. The molecule has 100 valence electrons. The van der Waals surface area contributed by atoms with Gasteiger partial charge < -0.3 is 15.5 Å². The van der Waals surface area contributed by atoms with Crippen LogP contribution in [0.2, 0.25) is 0 Å². The minimum Gasteiger partial charge on any atom is -0.373 e. The average molecular weight is 249 g/mol. The normalized spacial score (nSPS) is 20.1. The Labute approximate surface area is 109 Å².